The summed E-state index contributed by atoms with van der Waals surface area (Å²) in [5.41, 5.74) is 4.37. The van der Waals surface area contributed by atoms with Crippen LogP contribution in [-0.4, -0.2) is 28.6 Å². The Morgan fingerprint density at radius 2 is 1.92 bits per heavy atom. The van der Waals surface area contributed by atoms with Crippen molar-refractivity contribution in [2.24, 2.45) is 5.73 Å². The van der Waals surface area contributed by atoms with Crippen LogP contribution in [0.3, 0.4) is 0 Å². The number of hydrogen-bond acceptors (Lipinski definition) is 4. The molecule has 6 nitrogen and oxygen atoms in total. The lowest BCUT2D eigenvalue weighted by Gasteiger charge is -2.22. The van der Waals surface area contributed by atoms with Gasteiger partial charge in [0, 0.05) is 6.04 Å². The van der Waals surface area contributed by atoms with Gasteiger partial charge in [0.2, 0.25) is 0 Å². The Labute approximate surface area is 152 Å². The van der Waals surface area contributed by atoms with Gasteiger partial charge in [-0.15, -0.1) is 0 Å². The number of nitrogens with one attached hydrogen (secondary N) is 1. The SMILES string of the molecule is CC(C)(C)OC(N)=O.O=C(NC1CCCCC1)c1cc(F)cnc1Cl. The van der Waals surface area contributed by atoms with E-state index in [1.54, 1.807) is 20.8 Å². The number of carbonyl (C=O) groups excluding carboxylic acids is 2. The number of ether oxygens (including phenoxy) is 1. The van der Waals surface area contributed by atoms with Gasteiger partial charge in [0.05, 0.1) is 11.8 Å². The van der Waals surface area contributed by atoms with Crippen molar-refractivity contribution in [3.63, 3.8) is 0 Å². The summed E-state index contributed by atoms with van der Waals surface area (Å²) in [4.78, 5) is 25.5. The van der Waals surface area contributed by atoms with Crippen molar-refractivity contribution in [2.45, 2.75) is 64.5 Å². The molecule has 0 bridgehead atoms. The molecule has 1 aromatic rings. The Balaban J connectivity index is 0.000000333. The molecule has 2 amide bonds. The van der Waals surface area contributed by atoms with Gasteiger partial charge in [-0.3, -0.25) is 4.79 Å². The number of hydrogen-bond donors (Lipinski definition) is 2. The van der Waals surface area contributed by atoms with Crippen LogP contribution in [0.1, 0.15) is 63.2 Å². The molecule has 1 aromatic heterocycles. The molecule has 140 valence electrons. The van der Waals surface area contributed by atoms with Gasteiger partial charge in [0.1, 0.15) is 16.6 Å². The first kappa shape index (κ1) is 21.2. The maximum absolute atomic E-state index is 13.0. The van der Waals surface area contributed by atoms with Crippen molar-refractivity contribution >= 4 is 23.6 Å². The van der Waals surface area contributed by atoms with Crippen LogP contribution in [0.4, 0.5) is 9.18 Å². The molecular formula is C17H25ClFN3O3. The topological polar surface area (TPSA) is 94.3 Å². The number of nitrogens with zero attached hydrogens (tertiary/aromatic N) is 1. The number of pyridine rings is 1. The monoisotopic (exact) mass is 373 g/mol. The van der Waals surface area contributed by atoms with Crippen LogP contribution < -0.4 is 11.1 Å². The first-order chi connectivity index (χ1) is 11.6. The fraction of sp³-hybridized carbons (Fsp3) is 0.588. The highest BCUT2D eigenvalue weighted by Gasteiger charge is 2.19. The van der Waals surface area contributed by atoms with Crippen molar-refractivity contribution in [1.82, 2.24) is 10.3 Å². The van der Waals surface area contributed by atoms with E-state index in [9.17, 15) is 14.0 Å². The second-order valence-electron chi connectivity index (χ2n) is 6.83. The van der Waals surface area contributed by atoms with Gasteiger partial charge in [0.25, 0.3) is 5.91 Å². The highest BCUT2D eigenvalue weighted by Crippen LogP contribution is 2.19. The predicted octanol–water partition coefficient (Wildman–Crippen LogP) is 3.82. The molecular weight excluding hydrogens is 349 g/mol. The Hall–Kier alpha value is -1.89. The fourth-order valence-electron chi connectivity index (χ4n) is 2.39. The van der Waals surface area contributed by atoms with E-state index in [4.69, 9.17) is 17.3 Å². The van der Waals surface area contributed by atoms with E-state index in [2.05, 4.69) is 15.0 Å². The first-order valence-electron chi connectivity index (χ1n) is 8.19. The van der Waals surface area contributed by atoms with E-state index in [1.807, 2.05) is 0 Å². The molecule has 25 heavy (non-hydrogen) atoms. The average molecular weight is 374 g/mol. The van der Waals surface area contributed by atoms with Gasteiger partial charge in [-0.05, 0) is 39.7 Å². The molecule has 0 atom stereocenters. The largest absolute Gasteiger partial charge is 0.444 e. The van der Waals surface area contributed by atoms with E-state index >= 15 is 0 Å². The zero-order valence-electron chi connectivity index (χ0n) is 14.8. The van der Waals surface area contributed by atoms with Crippen LogP contribution in [0.25, 0.3) is 0 Å². The van der Waals surface area contributed by atoms with Crippen molar-refractivity contribution < 1.29 is 18.7 Å². The normalized spacial score (nSPS) is 14.9. The highest BCUT2D eigenvalue weighted by atomic mass is 35.5. The standard InChI is InChI=1S/C12H14ClFN2O.C5H11NO2/c13-11-10(6-8(14)7-15-11)12(17)16-9-4-2-1-3-5-9;1-5(2,3)8-4(6)7/h6-7,9H,1-5H2,(H,16,17);1-3H3,(H2,6,7). The summed E-state index contributed by atoms with van der Waals surface area (Å²) in [7, 11) is 0. The number of primary amides is 1. The minimum Gasteiger partial charge on any atom is -0.444 e. The predicted molar refractivity (Wildman–Crippen MR) is 94.0 cm³/mol. The molecule has 2 rings (SSSR count). The molecule has 1 aliphatic rings. The van der Waals surface area contributed by atoms with Gasteiger partial charge >= 0.3 is 6.09 Å². The molecule has 1 heterocycles. The van der Waals surface area contributed by atoms with Crippen LogP contribution >= 0.6 is 11.6 Å². The Kier molecular flexibility index (Phi) is 8.09. The van der Waals surface area contributed by atoms with Gasteiger partial charge in [0.15, 0.2) is 0 Å². The Morgan fingerprint density at radius 1 is 1.32 bits per heavy atom. The number of carbonyl (C=O) groups is 2. The number of aromatic nitrogens is 1. The maximum atomic E-state index is 13.0. The summed E-state index contributed by atoms with van der Waals surface area (Å²) in [6.07, 6.45) is 5.70. The van der Waals surface area contributed by atoms with Crippen molar-refractivity contribution in [2.75, 3.05) is 0 Å². The zero-order chi connectivity index (χ0) is 19.0. The van der Waals surface area contributed by atoms with E-state index in [1.165, 1.54) is 6.42 Å². The van der Waals surface area contributed by atoms with Gasteiger partial charge < -0.3 is 15.8 Å². The summed E-state index contributed by atoms with van der Waals surface area (Å²) in [5.74, 6) is -0.892. The van der Waals surface area contributed by atoms with Crippen molar-refractivity contribution in [1.29, 1.82) is 0 Å². The Bertz CT molecular complexity index is 599. The number of halogens is 2. The molecule has 0 saturated heterocycles. The average Bonchev–Trinajstić information content (AvgIpc) is 2.49. The van der Waals surface area contributed by atoms with E-state index in [0.717, 1.165) is 37.9 Å². The molecule has 1 saturated carbocycles. The van der Waals surface area contributed by atoms with Gasteiger partial charge in [-0.2, -0.15) is 0 Å². The summed E-state index contributed by atoms with van der Waals surface area (Å²) in [6.45, 7) is 5.28. The van der Waals surface area contributed by atoms with Crippen LogP contribution in [0.2, 0.25) is 5.15 Å². The zero-order valence-corrected chi connectivity index (χ0v) is 15.5. The maximum Gasteiger partial charge on any atom is 0.405 e. The lowest BCUT2D eigenvalue weighted by atomic mass is 9.95. The van der Waals surface area contributed by atoms with Gasteiger partial charge in [-0.25, -0.2) is 14.2 Å². The molecule has 8 heteroatoms. The summed E-state index contributed by atoms with van der Waals surface area (Å²) >= 11 is 5.77. The second kappa shape index (κ2) is 9.56. The summed E-state index contributed by atoms with van der Waals surface area (Å²) < 4.78 is 17.6. The van der Waals surface area contributed by atoms with Crippen molar-refractivity contribution in [3.05, 3.63) is 28.8 Å². The number of rotatable bonds is 2. The molecule has 1 fully saturated rings. The summed E-state index contributed by atoms with van der Waals surface area (Å²) in [6, 6.07) is 1.30. The second-order valence-corrected chi connectivity index (χ2v) is 7.19. The smallest absolute Gasteiger partial charge is 0.405 e. The van der Waals surface area contributed by atoms with Crippen LogP contribution in [-0.2, 0) is 4.74 Å². The van der Waals surface area contributed by atoms with Crippen LogP contribution in [0, 0.1) is 5.82 Å². The highest BCUT2D eigenvalue weighted by molar-refractivity contribution is 6.32. The minimum atomic E-state index is -0.725. The third-order valence-electron chi connectivity index (χ3n) is 3.40. The van der Waals surface area contributed by atoms with E-state index in [-0.39, 0.29) is 22.7 Å². The molecule has 0 unspecified atom stereocenters. The molecule has 0 spiro atoms. The first-order valence-corrected chi connectivity index (χ1v) is 8.56. The van der Waals surface area contributed by atoms with E-state index < -0.39 is 17.5 Å². The van der Waals surface area contributed by atoms with E-state index in [0.29, 0.717) is 0 Å². The molecule has 0 radical (unpaired) electrons. The lowest BCUT2D eigenvalue weighted by molar-refractivity contribution is 0.0599. The minimum absolute atomic E-state index is 0.0414. The van der Waals surface area contributed by atoms with Crippen LogP contribution in [0.15, 0.2) is 12.3 Å². The molecule has 0 aromatic carbocycles. The van der Waals surface area contributed by atoms with Gasteiger partial charge in [-0.1, -0.05) is 30.9 Å². The lowest BCUT2D eigenvalue weighted by Crippen LogP contribution is -2.36. The third kappa shape index (κ3) is 8.67. The molecule has 3 N–H and O–H groups in total. The number of amides is 2. The molecule has 1 aliphatic carbocycles. The van der Waals surface area contributed by atoms with Crippen molar-refractivity contribution in [3.8, 4) is 0 Å². The summed E-state index contributed by atoms with van der Waals surface area (Å²) in [5, 5.41) is 2.91. The third-order valence-corrected chi connectivity index (χ3v) is 3.70. The van der Waals surface area contributed by atoms with Crippen LogP contribution in [0.5, 0.6) is 0 Å². The molecule has 0 aliphatic heterocycles. The number of nitrogens with two attached hydrogens (primary N) is 1. The Morgan fingerprint density at radius 3 is 2.40 bits per heavy atom. The quantitative estimate of drug-likeness (QED) is 0.770. The fourth-order valence-corrected chi connectivity index (χ4v) is 2.58.